The molecular weight excluding hydrogens is 162 g/mol. The Bertz CT molecular complexity index is 206. The normalized spacial score (nSPS) is 27.8. The van der Waals surface area contributed by atoms with Crippen LogP contribution in [-0.2, 0) is 0 Å². The lowest BCUT2D eigenvalue weighted by atomic mass is 10.1. The van der Waals surface area contributed by atoms with Crippen molar-refractivity contribution in [1.29, 1.82) is 0 Å². The van der Waals surface area contributed by atoms with Gasteiger partial charge >= 0.3 is 0 Å². The van der Waals surface area contributed by atoms with E-state index in [0.29, 0.717) is 0 Å². The van der Waals surface area contributed by atoms with Crippen LogP contribution >= 0.6 is 0 Å². The molecule has 2 unspecified atom stereocenters. The van der Waals surface area contributed by atoms with Gasteiger partial charge in [0.25, 0.3) is 0 Å². The van der Waals surface area contributed by atoms with Crippen LogP contribution in [0.5, 0.6) is 0 Å². The van der Waals surface area contributed by atoms with Crippen molar-refractivity contribution in [3.63, 3.8) is 0 Å². The molecule has 0 fully saturated rings. The smallest absolute Gasteiger partial charge is 0.0769 e. The Labute approximate surface area is 81.1 Å². The molecule has 0 aromatic rings. The lowest BCUT2D eigenvalue weighted by molar-refractivity contribution is 0.169. The van der Waals surface area contributed by atoms with Crippen LogP contribution in [0.3, 0.4) is 0 Å². The summed E-state index contributed by atoms with van der Waals surface area (Å²) in [4.78, 5) is 0. The van der Waals surface area contributed by atoms with Gasteiger partial charge in [-0.2, -0.15) is 0 Å². The zero-order chi connectivity index (χ0) is 10.4. The van der Waals surface area contributed by atoms with E-state index in [9.17, 15) is 5.11 Å². The van der Waals surface area contributed by atoms with Crippen LogP contribution in [0.2, 0.25) is 0 Å². The minimum Gasteiger partial charge on any atom is -0.391 e. The van der Waals surface area contributed by atoms with Gasteiger partial charge in [-0.1, -0.05) is 31.6 Å². The molecule has 0 bridgehead atoms. The van der Waals surface area contributed by atoms with Crippen LogP contribution in [0.4, 0.5) is 0 Å². The van der Waals surface area contributed by atoms with E-state index in [-0.39, 0.29) is 12.1 Å². The maximum atomic E-state index is 9.36. The monoisotopic (exact) mass is 183 g/mol. The lowest BCUT2D eigenvalue weighted by Gasteiger charge is -2.09. The third-order valence-electron chi connectivity index (χ3n) is 2.13. The molecule has 2 atom stereocenters. The summed E-state index contributed by atoms with van der Waals surface area (Å²) in [7, 11) is 0. The molecule has 0 saturated carbocycles. The number of rotatable bonds is 1. The van der Waals surface area contributed by atoms with Crippen LogP contribution < -0.4 is 5.73 Å². The maximum absolute atomic E-state index is 9.36. The Morgan fingerprint density at radius 1 is 1.46 bits per heavy atom. The van der Waals surface area contributed by atoms with Crippen molar-refractivity contribution in [2.24, 2.45) is 5.73 Å². The fraction of sp³-hybridized carbons (Fsp3) is 0.636. The second kappa shape index (κ2) is 5.95. The van der Waals surface area contributed by atoms with Crippen LogP contribution in [-0.4, -0.2) is 17.3 Å². The largest absolute Gasteiger partial charge is 0.391 e. The first kappa shape index (κ1) is 12.4. The first-order chi connectivity index (χ1) is 6.16. The fourth-order valence-corrected chi connectivity index (χ4v) is 1.48. The van der Waals surface area contributed by atoms with Gasteiger partial charge in [0.2, 0.25) is 0 Å². The first-order valence-electron chi connectivity index (χ1n) is 4.92. The minimum atomic E-state index is -0.374. The number of nitrogens with two attached hydrogens (primary N) is 1. The topological polar surface area (TPSA) is 46.2 Å². The molecule has 0 aromatic heterocycles. The molecular formula is C11H21NO. The summed E-state index contributed by atoms with van der Waals surface area (Å²) in [6, 6.07) is -0.175. The molecule has 1 aliphatic rings. The van der Waals surface area contributed by atoms with E-state index in [1.165, 1.54) is 5.57 Å². The quantitative estimate of drug-likeness (QED) is 0.653. The predicted molar refractivity (Wildman–Crippen MR) is 57.5 cm³/mol. The Balaban J connectivity index is 0.000000671. The van der Waals surface area contributed by atoms with Crippen LogP contribution in [0, 0.1) is 0 Å². The second-order valence-corrected chi connectivity index (χ2v) is 3.03. The summed E-state index contributed by atoms with van der Waals surface area (Å²) < 4.78 is 0. The molecule has 76 valence electrons. The Morgan fingerprint density at radius 3 is 2.31 bits per heavy atom. The molecule has 0 saturated heterocycles. The van der Waals surface area contributed by atoms with Crippen LogP contribution in [0.25, 0.3) is 0 Å². The van der Waals surface area contributed by atoms with Crippen molar-refractivity contribution in [1.82, 2.24) is 0 Å². The number of allylic oxidation sites excluding steroid dienone is 1. The molecule has 0 radical (unpaired) electrons. The molecule has 0 spiro atoms. The average Bonchev–Trinajstić information content (AvgIpc) is 2.36. The first-order valence-corrected chi connectivity index (χ1v) is 4.92. The van der Waals surface area contributed by atoms with Gasteiger partial charge in [-0.3, -0.25) is 0 Å². The van der Waals surface area contributed by atoms with E-state index in [0.717, 1.165) is 12.0 Å². The van der Waals surface area contributed by atoms with Gasteiger partial charge in [0.1, 0.15) is 0 Å². The molecule has 0 aromatic carbocycles. The van der Waals surface area contributed by atoms with Gasteiger partial charge < -0.3 is 10.8 Å². The Morgan fingerprint density at radius 2 is 2.00 bits per heavy atom. The van der Waals surface area contributed by atoms with Gasteiger partial charge in [0.15, 0.2) is 0 Å². The van der Waals surface area contributed by atoms with Crippen molar-refractivity contribution in [2.45, 2.75) is 46.3 Å². The maximum Gasteiger partial charge on any atom is 0.0769 e. The lowest BCUT2D eigenvalue weighted by Crippen LogP contribution is -2.31. The van der Waals surface area contributed by atoms with E-state index in [1.807, 2.05) is 39.8 Å². The van der Waals surface area contributed by atoms with E-state index < -0.39 is 0 Å². The van der Waals surface area contributed by atoms with Crippen molar-refractivity contribution in [3.8, 4) is 0 Å². The number of hydrogen-bond donors (Lipinski definition) is 2. The SMILES string of the molecule is C/C=C\C1=C(C)CC(O)C1N.CC. The average molecular weight is 183 g/mol. The highest BCUT2D eigenvalue weighted by Gasteiger charge is 2.26. The highest BCUT2D eigenvalue weighted by Crippen LogP contribution is 2.25. The van der Waals surface area contributed by atoms with E-state index >= 15 is 0 Å². The van der Waals surface area contributed by atoms with Gasteiger partial charge in [0.05, 0.1) is 12.1 Å². The third-order valence-corrected chi connectivity index (χ3v) is 2.13. The zero-order valence-corrected chi connectivity index (χ0v) is 9.04. The Hall–Kier alpha value is -0.600. The van der Waals surface area contributed by atoms with E-state index in [2.05, 4.69) is 0 Å². The van der Waals surface area contributed by atoms with E-state index in [1.54, 1.807) is 0 Å². The Kier molecular flexibility index (Phi) is 5.67. The van der Waals surface area contributed by atoms with Gasteiger partial charge in [0, 0.05) is 0 Å². The molecule has 0 heterocycles. The molecule has 1 aliphatic carbocycles. The molecule has 2 nitrogen and oxygen atoms in total. The van der Waals surface area contributed by atoms with Crippen LogP contribution in [0.15, 0.2) is 23.3 Å². The van der Waals surface area contributed by atoms with Crippen LogP contribution in [0.1, 0.15) is 34.1 Å². The van der Waals surface area contributed by atoms with Gasteiger partial charge in [-0.05, 0) is 25.8 Å². The molecule has 0 aliphatic heterocycles. The number of hydrogen-bond acceptors (Lipinski definition) is 2. The summed E-state index contributed by atoms with van der Waals surface area (Å²) in [5, 5.41) is 9.36. The molecule has 3 N–H and O–H groups in total. The highest BCUT2D eigenvalue weighted by atomic mass is 16.3. The van der Waals surface area contributed by atoms with Crippen molar-refractivity contribution < 1.29 is 5.11 Å². The zero-order valence-electron chi connectivity index (χ0n) is 9.04. The minimum absolute atomic E-state index is 0.175. The van der Waals surface area contributed by atoms with Crippen molar-refractivity contribution >= 4 is 0 Å². The summed E-state index contributed by atoms with van der Waals surface area (Å²) in [6.07, 6.45) is 4.29. The summed E-state index contributed by atoms with van der Waals surface area (Å²) in [5.41, 5.74) is 8.05. The molecule has 13 heavy (non-hydrogen) atoms. The number of aliphatic hydroxyl groups is 1. The summed E-state index contributed by atoms with van der Waals surface area (Å²) in [6.45, 7) is 7.98. The van der Waals surface area contributed by atoms with Crippen molar-refractivity contribution in [2.75, 3.05) is 0 Å². The summed E-state index contributed by atoms with van der Waals surface area (Å²) >= 11 is 0. The second-order valence-electron chi connectivity index (χ2n) is 3.03. The third kappa shape index (κ3) is 2.98. The van der Waals surface area contributed by atoms with Gasteiger partial charge in [-0.25, -0.2) is 0 Å². The highest BCUT2D eigenvalue weighted by molar-refractivity contribution is 5.35. The van der Waals surface area contributed by atoms with Crippen molar-refractivity contribution in [3.05, 3.63) is 23.3 Å². The molecule has 0 amide bonds. The predicted octanol–water partition coefficient (Wildman–Crippen LogP) is 2.00. The number of aliphatic hydroxyl groups excluding tert-OH is 1. The molecule has 2 heteroatoms. The molecule has 1 rings (SSSR count). The van der Waals surface area contributed by atoms with Gasteiger partial charge in [-0.15, -0.1) is 0 Å². The fourth-order valence-electron chi connectivity index (χ4n) is 1.48. The summed E-state index contributed by atoms with van der Waals surface area (Å²) in [5.74, 6) is 0. The van der Waals surface area contributed by atoms with E-state index in [4.69, 9.17) is 5.73 Å². The standard InChI is InChI=1S/C9H15NO.C2H6/c1-3-4-7-6(2)5-8(11)9(7)10;1-2/h3-4,8-9,11H,5,10H2,1-2H3;1-2H3/b4-3-;.